The molecule has 2 aliphatic heterocycles. The van der Waals surface area contributed by atoms with Crippen LogP contribution in [0.15, 0.2) is 46.2 Å². The summed E-state index contributed by atoms with van der Waals surface area (Å²) in [6.07, 6.45) is 5.40. The third-order valence-corrected chi connectivity index (χ3v) is 10.7. The normalized spacial score (nSPS) is 16.0. The van der Waals surface area contributed by atoms with Gasteiger partial charge in [-0.05, 0) is 82.8 Å². The molecule has 1 aromatic carbocycles. The minimum atomic E-state index is -1.23. The zero-order valence-electron chi connectivity index (χ0n) is 33.1. The van der Waals surface area contributed by atoms with Crippen molar-refractivity contribution in [1.82, 2.24) is 19.6 Å². The molecule has 19 heteroatoms. The molecular formula is C38H53BrCaN6O11+2. The van der Waals surface area contributed by atoms with Gasteiger partial charge in [-0.1, -0.05) is 33.2 Å². The summed E-state index contributed by atoms with van der Waals surface area (Å²) >= 11 is 3.52. The Hall–Kier alpha value is -3.39. The number of hydrogen-bond acceptors (Lipinski definition) is 11. The molecule has 0 saturated carbocycles. The van der Waals surface area contributed by atoms with E-state index in [9.17, 15) is 29.2 Å². The van der Waals surface area contributed by atoms with Gasteiger partial charge in [0.05, 0.1) is 31.9 Å². The second-order valence-corrected chi connectivity index (χ2v) is 15.1. The number of carbonyl (C=O) groups is 5. The van der Waals surface area contributed by atoms with Gasteiger partial charge >= 0.3 is 61.6 Å². The van der Waals surface area contributed by atoms with Gasteiger partial charge < -0.3 is 35.4 Å². The first-order chi connectivity index (χ1) is 26.4. The van der Waals surface area contributed by atoms with Crippen molar-refractivity contribution < 1.29 is 54.0 Å². The summed E-state index contributed by atoms with van der Waals surface area (Å²) in [6.45, 7) is 9.65. The van der Waals surface area contributed by atoms with Crippen molar-refractivity contribution in [3.8, 4) is 0 Å². The number of halogens is 1. The minimum Gasteiger partial charge on any atom is -0.618 e. The maximum Gasteiger partial charge on any atom is 2.00 e. The largest absolute Gasteiger partial charge is 2.00 e. The van der Waals surface area contributed by atoms with Crippen molar-refractivity contribution in [3.05, 3.63) is 68.6 Å². The van der Waals surface area contributed by atoms with Crippen molar-refractivity contribution in [1.29, 1.82) is 0 Å². The molecule has 57 heavy (non-hydrogen) atoms. The summed E-state index contributed by atoms with van der Waals surface area (Å²) in [5, 5.41) is 51.0. The standard InChI is InChI=1S/C28H37BrN4O3.C10H16N2O8.Ca/c1-5-36-30-26(22-6-8-24(29)9-7-22)23-11-15-32(16-12-23)28(4)13-18-31(19-14-28)27(34)25-20(2)10-17-33(35)21(25)3;13-7(14)3-11(4-8(15)16)1-2-12(5-9(17)18)6-10(19)20;/h6-10,17,23H,5,11-16,18-19H2,1-4H3;1-6H2,(H,13,14)(H,15,16)(H,17,18)(H,19,20);/q;;+2/b30-26-;;. The quantitative estimate of drug-likeness (QED) is 0.0589. The number of carbonyl (C=O) groups excluding carboxylic acids is 1. The molecule has 2 fully saturated rings. The Kier molecular flexibility index (Phi) is 20.8. The van der Waals surface area contributed by atoms with Crippen LogP contribution in [0, 0.1) is 25.0 Å². The van der Waals surface area contributed by atoms with E-state index in [1.54, 1.807) is 13.0 Å². The second kappa shape index (κ2) is 23.9. The fourth-order valence-corrected chi connectivity index (χ4v) is 7.31. The summed E-state index contributed by atoms with van der Waals surface area (Å²) in [5.74, 6) is -4.57. The SMILES string of the molecule is CCO/N=C(/c1ccc(Br)cc1)C1CCN(C2(C)CCN(C(=O)c3c(C)cc[n+]([O-])c3C)CC2)CC1.O=C(O)CN(CCN(CC(=O)O)CC(=O)O)CC(=O)O.[Ca+2]. The number of likely N-dealkylation sites (tertiary alicyclic amines) is 2. The van der Waals surface area contributed by atoms with E-state index in [1.807, 2.05) is 18.7 Å². The fraction of sp³-hybridized carbons (Fsp3) is 0.553. The second-order valence-electron chi connectivity index (χ2n) is 14.2. The molecule has 308 valence electrons. The number of aryl methyl sites for hydroxylation is 1. The fourth-order valence-electron chi connectivity index (χ4n) is 7.05. The van der Waals surface area contributed by atoms with Gasteiger partial charge in [-0.3, -0.25) is 38.7 Å². The summed E-state index contributed by atoms with van der Waals surface area (Å²) in [5.41, 5.74) is 4.11. The van der Waals surface area contributed by atoms with Gasteiger partial charge in [0.15, 0.2) is 6.20 Å². The maximum atomic E-state index is 13.3. The third kappa shape index (κ3) is 15.7. The predicted octanol–water partition coefficient (Wildman–Crippen LogP) is 2.39. The van der Waals surface area contributed by atoms with Crippen LogP contribution >= 0.6 is 15.9 Å². The van der Waals surface area contributed by atoms with Gasteiger partial charge in [0.25, 0.3) is 5.91 Å². The number of aromatic nitrogens is 1. The van der Waals surface area contributed by atoms with Gasteiger partial charge in [0, 0.05) is 55.1 Å². The van der Waals surface area contributed by atoms with Crippen LogP contribution in [-0.2, 0) is 24.0 Å². The molecule has 0 unspecified atom stereocenters. The Morgan fingerprint density at radius 3 is 1.77 bits per heavy atom. The third-order valence-electron chi connectivity index (χ3n) is 10.1. The number of carboxylic acids is 4. The van der Waals surface area contributed by atoms with Crippen molar-refractivity contribution in [2.45, 2.75) is 58.9 Å². The van der Waals surface area contributed by atoms with E-state index in [0.717, 1.165) is 74.6 Å². The molecular weight excluding hydrogens is 836 g/mol. The number of benzene rings is 1. The summed E-state index contributed by atoms with van der Waals surface area (Å²) in [6, 6.07) is 10.0. The monoisotopic (exact) mass is 888 g/mol. The Morgan fingerprint density at radius 2 is 1.33 bits per heavy atom. The van der Waals surface area contributed by atoms with Crippen LogP contribution < -0.4 is 4.73 Å². The number of hydrogen-bond donors (Lipinski definition) is 4. The Bertz CT molecular complexity index is 1650. The zero-order valence-corrected chi connectivity index (χ0v) is 36.9. The predicted molar refractivity (Wildman–Crippen MR) is 214 cm³/mol. The van der Waals surface area contributed by atoms with Crippen LogP contribution in [0.5, 0.6) is 0 Å². The van der Waals surface area contributed by atoms with E-state index in [2.05, 4.69) is 57.2 Å². The molecule has 0 spiro atoms. The number of aliphatic carboxylic acids is 4. The van der Waals surface area contributed by atoms with Crippen molar-refractivity contribution in [2.24, 2.45) is 11.1 Å². The smallest absolute Gasteiger partial charge is 0.618 e. The van der Waals surface area contributed by atoms with Gasteiger partial charge in [-0.15, -0.1) is 0 Å². The van der Waals surface area contributed by atoms with E-state index in [-0.39, 0.29) is 62.3 Å². The number of nitrogens with zero attached hydrogens (tertiary/aromatic N) is 6. The maximum absolute atomic E-state index is 13.3. The molecule has 2 saturated heterocycles. The average molecular weight is 890 g/mol. The van der Waals surface area contributed by atoms with Gasteiger partial charge in [0.2, 0.25) is 5.69 Å². The van der Waals surface area contributed by atoms with Gasteiger partial charge in [0.1, 0.15) is 12.2 Å². The van der Waals surface area contributed by atoms with E-state index < -0.39 is 50.1 Å². The molecule has 0 aliphatic carbocycles. The molecule has 0 bridgehead atoms. The number of pyridine rings is 1. The van der Waals surface area contributed by atoms with Gasteiger partial charge in [-0.2, -0.15) is 4.73 Å². The minimum absolute atomic E-state index is 0. The Morgan fingerprint density at radius 1 is 0.860 bits per heavy atom. The van der Waals surface area contributed by atoms with Crippen LogP contribution in [0.3, 0.4) is 0 Å². The number of piperidine rings is 2. The van der Waals surface area contributed by atoms with E-state index >= 15 is 0 Å². The van der Waals surface area contributed by atoms with Gasteiger partial charge in [-0.25, -0.2) is 0 Å². The van der Waals surface area contributed by atoms with Crippen LogP contribution in [0.1, 0.15) is 66.7 Å². The number of rotatable bonds is 17. The molecule has 1 amide bonds. The van der Waals surface area contributed by atoms with Crippen LogP contribution in [0.4, 0.5) is 0 Å². The summed E-state index contributed by atoms with van der Waals surface area (Å²) in [7, 11) is 0. The first kappa shape index (κ1) is 49.8. The number of carboxylic acid groups (broad SMARTS) is 4. The topological polar surface area (TPSA) is 228 Å². The molecule has 4 N–H and O–H groups in total. The Labute approximate surface area is 370 Å². The number of oxime groups is 1. The molecule has 3 heterocycles. The van der Waals surface area contributed by atoms with E-state index in [0.29, 0.717) is 36.9 Å². The first-order valence-electron chi connectivity index (χ1n) is 18.4. The van der Waals surface area contributed by atoms with Crippen molar-refractivity contribution in [3.63, 3.8) is 0 Å². The molecule has 4 rings (SSSR count). The number of amides is 1. The van der Waals surface area contributed by atoms with Crippen molar-refractivity contribution >= 4 is 89.2 Å². The van der Waals surface area contributed by atoms with Crippen LogP contribution in [0.2, 0.25) is 0 Å². The summed E-state index contributed by atoms with van der Waals surface area (Å²) < 4.78 is 1.84. The average Bonchev–Trinajstić information content (AvgIpc) is 3.13. The van der Waals surface area contributed by atoms with E-state index in [1.165, 1.54) is 6.20 Å². The Balaban J connectivity index is 0.000000458. The molecule has 17 nitrogen and oxygen atoms in total. The zero-order chi connectivity index (χ0) is 41.6. The summed E-state index contributed by atoms with van der Waals surface area (Å²) in [4.78, 5) is 67.7. The molecule has 2 aromatic rings. The van der Waals surface area contributed by atoms with Crippen LogP contribution in [0.25, 0.3) is 0 Å². The van der Waals surface area contributed by atoms with Crippen LogP contribution in [-0.4, -0.2) is 191 Å². The molecule has 0 radical (unpaired) electrons. The van der Waals surface area contributed by atoms with Crippen molar-refractivity contribution in [2.75, 3.05) is 72.1 Å². The van der Waals surface area contributed by atoms with E-state index in [4.69, 9.17) is 25.3 Å². The molecule has 2 aliphatic rings. The molecule has 0 atom stereocenters. The molecule has 1 aromatic heterocycles. The first-order valence-corrected chi connectivity index (χ1v) is 19.2.